The smallest absolute Gasteiger partial charge is 0.326 e. The SMILES string of the molecule is CCCOCCC(=O)NC(C(=O)O)C(C)(C)C. The summed E-state index contributed by atoms with van der Waals surface area (Å²) in [6.07, 6.45) is 1.10. The summed E-state index contributed by atoms with van der Waals surface area (Å²) in [6, 6.07) is -0.874. The Bertz CT molecular complexity index is 258. The fourth-order valence-corrected chi connectivity index (χ4v) is 1.29. The van der Waals surface area contributed by atoms with Crippen LogP contribution in [-0.4, -0.2) is 36.2 Å². The topological polar surface area (TPSA) is 75.6 Å². The van der Waals surface area contributed by atoms with Crippen LogP contribution in [-0.2, 0) is 14.3 Å². The van der Waals surface area contributed by atoms with E-state index in [1.54, 1.807) is 20.8 Å². The number of aliphatic carboxylic acids is 1. The summed E-state index contributed by atoms with van der Waals surface area (Å²) in [5, 5.41) is 11.5. The van der Waals surface area contributed by atoms with E-state index in [1.165, 1.54) is 0 Å². The van der Waals surface area contributed by atoms with Crippen molar-refractivity contribution >= 4 is 11.9 Å². The molecule has 0 fully saturated rings. The zero-order valence-corrected chi connectivity index (χ0v) is 11.1. The van der Waals surface area contributed by atoms with Crippen molar-refractivity contribution in [2.75, 3.05) is 13.2 Å². The van der Waals surface area contributed by atoms with Crippen LogP contribution in [0.25, 0.3) is 0 Å². The van der Waals surface area contributed by atoms with Crippen molar-refractivity contribution in [3.63, 3.8) is 0 Å². The predicted octanol–water partition coefficient (Wildman–Crippen LogP) is 1.42. The third-order valence-corrected chi connectivity index (χ3v) is 2.24. The van der Waals surface area contributed by atoms with E-state index >= 15 is 0 Å². The van der Waals surface area contributed by atoms with E-state index in [9.17, 15) is 9.59 Å². The first-order chi connectivity index (χ1) is 7.79. The summed E-state index contributed by atoms with van der Waals surface area (Å²) in [5.74, 6) is -1.30. The number of rotatable bonds is 7. The van der Waals surface area contributed by atoms with Gasteiger partial charge in [-0.1, -0.05) is 27.7 Å². The molecule has 0 radical (unpaired) electrons. The Balaban J connectivity index is 4.11. The van der Waals surface area contributed by atoms with Crippen molar-refractivity contribution in [3.8, 4) is 0 Å². The molecule has 1 unspecified atom stereocenters. The van der Waals surface area contributed by atoms with Gasteiger partial charge in [0.05, 0.1) is 6.61 Å². The van der Waals surface area contributed by atoms with Crippen molar-refractivity contribution in [1.29, 1.82) is 0 Å². The van der Waals surface area contributed by atoms with Gasteiger partial charge in [0.25, 0.3) is 0 Å². The van der Waals surface area contributed by atoms with Crippen LogP contribution < -0.4 is 5.32 Å². The summed E-state index contributed by atoms with van der Waals surface area (Å²) in [5.41, 5.74) is -0.508. The third-order valence-electron chi connectivity index (χ3n) is 2.24. The van der Waals surface area contributed by atoms with Crippen LogP contribution in [0.3, 0.4) is 0 Å². The molecule has 1 amide bonds. The molecule has 0 bridgehead atoms. The lowest BCUT2D eigenvalue weighted by atomic mass is 9.86. The molecule has 5 heteroatoms. The standard InChI is InChI=1S/C12H23NO4/c1-5-7-17-8-6-9(14)13-10(11(15)16)12(2,3)4/h10H,5-8H2,1-4H3,(H,13,14)(H,15,16). The Hall–Kier alpha value is -1.10. The first-order valence-corrected chi connectivity index (χ1v) is 5.89. The average molecular weight is 245 g/mol. The number of carboxylic acid groups (broad SMARTS) is 1. The lowest BCUT2D eigenvalue weighted by Gasteiger charge is -2.27. The number of hydrogen-bond donors (Lipinski definition) is 2. The second-order valence-electron chi connectivity index (χ2n) is 5.07. The minimum Gasteiger partial charge on any atom is -0.480 e. The lowest BCUT2D eigenvalue weighted by molar-refractivity contribution is -0.145. The van der Waals surface area contributed by atoms with E-state index < -0.39 is 17.4 Å². The van der Waals surface area contributed by atoms with Gasteiger partial charge in [-0.05, 0) is 11.8 Å². The molecule has 5 nitrogen and oxygen atoms in total. The fraction of sp³-hybridized carbons (Fsp3) is 0.833. The Kier molecular flexibility index (Phi) is 6.80. The van der Waals surface area contributed by atoms with Crippen LogP contribution in [0.2, 0.25) is 0 Å². The largest absolute Gasteiger partial charge is 0.480 e. The minimum absolute atomic E-state index is 0.194. The summed E-state index contributed by atoms with van der Waals surface area (Å²) in [4.78, 5) is 22.5. The molecule has 1 atom stereocenters. The van der Waals surface area contributed by atoms with Crippen molar-refractivity contribution in [1.82, 2.24) is 5.32 Å². The summed E-state index contributed by atoms with van der Waals surface area (Å²) >= 11 is 0. The second kappa shape index (κ2) is 7.27. The number of carbonyl (C=O) groups excluding carboxylic acids is 1. The van der Waals surface area contributed by atoms with Gasteiger partial charge in [0, 0.05) is 13.0 Å². The molecule has 0 heterocycles. The second-order valence-corrected chi connectivity index (χ2v) is 5.07. The van der Waals surface area contributed by atoms with E-state index in [2.05, 4.69) is 5.32 Å². The molecule has 0 aliphatic rings. The normalized spacial score (nSPS) is 13.2. The molecule has 0 aromatic heterocycles. The highest BCUT2D eigenvalue weighted by molar-refractivity contribution is 5.84. The van der Waals surface area contributed by atoms with Crippen molar-refractivity contribution < 1.29 is 19.4 Å². The van der Waals surface area contributed by atoms with Gasteiger partial charge >= 0.3 is 5.97 Å². The highest BCUT2D eigenvalue weighted by Gasteiger charge is 2.32. The van der Waals surface area contributed by atoms with Gasteiger partial charge in [-0.3, -0.25) is 4.79 Å². The Morgan fingerprint density at radius 1 is 1.29 bits per heavy atom. The number of carbonyl (C=O) groups is 2. The zero-order chi connectivity index (χ0) is 13.5. The number of carboxylic acids is 1. The maximum atomic E-state index is 11.5. The predicted molar refractivity (Wildman–Crippen MR) is 64.7 cm³/mol. The van der Waals surface area contributed by atoms with E-state index in [4.69, 9.17) is 9.84 Å². The minimum atomic E-state index is -1.01. The van der Waals surface area contributed by atoms with Crippen LogP contribution in [0, 0.1) is 5.41 Å². The van der Waals surface area contributed by atoms with Crippen LogP contribution >= 0.6 is 0 Å². The quantitative estimate of drug-likeness (QED) is 0.665. The van der Waals surface area contributed by atoms with Crippen molar-refractivity contribution in [2.24, 2.45) is 5.41 Å². The van der Waals surface area contributed by atoms with E-state index in [0.29, 0.717) is 13.2 Å². The van der Waals surface area contributed by atoms with Crippen molar-refractivity contribution in [2.45, 2.75) is 46.6 Å². The Morgan fingerprint density at radius 2 is 1.88 bits per heavy atom. The van der Waals surface area contributed by atoms with Crippen LogP contribution in [0.4, 0.5) is 0 Å². The molecule has 0 saturated carbocycles. The van der Waals surface area contributed by atoms with E-state index in [-0.39, 0.29) is 12.3 Å². The highest BCUT2D eigenvalue weighted by Crippen LogP contribution is 2.19. The van der Waals surface area contributed by atoms with Gasteiger partial charge in [-0.2, -0.15) is 0 Å². The molecular formula is C12H23NO4. The summed E-state index contributed by atoms with van der Waals surface area (Å²) in [6.45, 7) is 8.27. The monoisotopic (exact) mass is 245 g/mol. The Labute approximate surface area is 103 Å². The maximum absolute atomic E-state index is 11.5. The molecule has 0 aromatic carbocycles. The van der Waals surface area contributed by atoms with Gasteiger partial charge in [0.1, 0.15) is 6.04 Å². The number of hydrogen-bond acceptors (Lipinski definition) is 3. The van der Waals surface area contributed by atoms with Gasteiger partial charge in [0.15, 0.2) is 0 Å². The van der Waals surface area contributed by atoms with Gasteiger partial charge in [-0.15, -0.1) is 0 Å². The molecule has 17 heavy (non-hydrogen) atoms. The first-order valence-electron chi connectivity index (χ1n) is 5.89. The Morgan fingerprint density at radius 3 is 2.29 bits per heavy atom. The molecule has 0 saturated heterocycles. The van der Waals surface area contributed by atoms with Crippen LogP contribution in [0.1, 0.15) is 40.5 Å². The third kappa shape index (κ3) is 6.94. The summed E-state index contributed by atoms with van der Waals surface area (Å²) < 4.78 is 5.17. The lowest BCUT2D eigenvalue weighted by Crippen LogP contribution is -2.49. The number of ether oxygens (including phenoxy) is 1. The summed E-state index contributed by atoms with van der Waals surface area (Å²) in [7, 11) is 0. The van der Waals surface area contributed by atoms with E-state index in [1.807, 2.05) is 6.92 Å². The van der Waals surface area contributed by atoms with Crippen LogP contribution in [0.15, 0.2) is 0 Å². The average Bonchev–Trinajstić information content (AvgIpc) is 2.19. The maximum Gasteiger partial charge on any atom is 0.326 e. The van der Waals surface area contributed by atoms with Crippen LogP contribution in [0.5, 0.6) is 0 Å². The molecule has 0 spiro atoms. The molecule has 2 N–H and O–H groups in total. The molecular weight excluding hydrogens is 222 g/mol. The zero-order valence-electron chi connectivity index (χ0n) is 11.1. The molecule has 0 rings (SSSR count). The van der Waals surface area contributed by atoms with Gasteiger partial charge in [0.2, 0.25) is 5.91 Å². The molecule has 0 aliphatic heterocycles. The number of nitrogens with one attached hydrogen (secondary N) is 1. The molecule has 0 aromatic rings. The molecule has 0 aliphatic carbocycles. The van der Waals surface area contributed by atoms with Gasteiger partial charge in [-0.25, -0.2) is 4.79 Å². The van der Waals surface area contributed by atoms with Crippen molar-refractivity contribution in [3.05, 3.63) is 0 Å². The van der Waals surface area contributed by atoms with Gasteiger partial charge < -0.3 is 15.2 Å². The highest BCUT2D eigenvalue weighted by atomic mass is 16.5. The molecule has 100 valence electrons. The first kappa shape index (κ1) is 15.9. The fourth-order valence-electron chi connectivity index (χ4n) is 1.29. The van der Waals surface area contributed by atoms with E-state index in [0.717, 1.165) is 6.42 Å². The number of amides is 1.